The first-order chi connectivity index (χ1) is 15.4. The van der Waals surface area contributed by atoms with Crippen molar-refractivity contribution in [1.82, 2.24) is 5.32 Å². The average molecular weight is 440 g/mol. The highest BCUT2D eigenvalue weighted by atomic mass is 16.5. The predicted molar refractivity (Wildman–Crippen MR) is 120 cm³/mol. The van der Waals surface area contributed by atoms with E-state index >= 15 is 0 Å². The molecule has 0 radical (unpaired) electrons. The summed E-state index contributed by atoms with van der Waals surface area (Å²) in [7, 11) is 3.14. The van der Waals surface area contributed by atoms with Crippen molar-refractivity contribution in [3.8, 4) is 17.2 Å². The summed E-state index contributed by atoms with van der Waals surface area (Å²) in [5.41, 5.74) is 4.15. The zero-order valence-corrected chi connectivity index (χ0v) is 18.9. The van der Waals surface area contributed by atoms with Gasteiger partial charge in [0.05, 0.1) is 14.2 Å². The molecule has 170 valence electrons. The van der Waals surface area contributed by atoms with Crippen molar-refractivity contribution >= 4 is 11.9 Å². The molecule has 32 heavy (non-hydrogen) atoms. The number of phenolic OH excluding ortho intramolecular Hbond substituents is 1. The first-order valence-electron chi connectivity index (χ1n) is 10.5. The second-order valence-electron chi connectivity index (χ2n) is 7.76. The van der Waals surface area contributed by atoms with Gasteiger partial charge in [-0.2, -0.15) is 0 Å². The summed E-state index contributed by atoms with van der Waals surface area (Å²) in [5.74, 6) is 0.630. The van der Waals surface area contributed by atoms with E-state index < -0.39 is 5.97 Å². The van der Waals surface area contributed by atoms with E-state index in [1.54, 1.807) is 7.11 Å². The lowest BCUT2D eigenvalue weighted by Gasteiger charge is -2.15. The maximum Gasteiger partial charge on any atom is 0.342 e. The number of hydrogen-bond acceptors (Lipinski definition) is 6. The summed E-state index contributed by atoms with van der Waals surface area (Å²) >= 11 is 0. The van der Waals surface area contributed by atoms with E-state index in [9.17, 15) is 14.7 Å². The molecule has 7 heteroatoms. The van der Waals surface area contributed by atoms with Crippen LogP contribution in [0.1, 0.15) is 52.4 Å². The van der Waals surface area contributed by atoms with Gasteiger partial charge in [-0.25, -0.2) is 4.79 Å². The van der Waals surface area contributed by atoms with Crippen molar-refractivity contribution in [2.24, 2.45) is 0 Å². The number of methoxy groups -OCH3 is 2. The van der Waals surface area contributed by atoms with Crippen LogP contribution in [0.25, 0.3) is 0 Å². The first-order valence-corrected chi connectivity index (χ1v) is 10.5. The second kappa shape index (κ2) is 10.2. The van der Waals surface area contributed by atoms with Crippen molar-refractivity contribution in [2.75, 3.05) is 14.2 Å². The number of allylic oxidation sites excluding steroid dienone is 2. The van der Waals surface area contributed by atoms with Gasteiger partial charge in [-0.05, 0) is 38.3 Å². The van der Waals surface area contributed by atoms with Gasteiger partial charge in [0, 0.05) is 29.7 Å². The smallest absolute Gasteiger partial charge is 0.342 e. The summed E-state index contributed by atoms with van der Waals surface area (Å²) in [4.78, 5) is 24.3. The van der Waals surface area contributed by atoms with Crippen molar-refractivity contribution in [3.05, 3.63) is 63.7 Å². The minimum Gasteiger partial charge on any atom is -0.507 e. The number of carbonyl (C=O) groups excluding carboxylic acids is 2. The van der Waals surface area contributed by atoms with Gasteiger partial charge < -0.3 is 24.6 Å². The molecule has 1 aliphatic rings. The van der Waals surface area contributed by atoms with Crippen LogP contribution in [0.3, 0.4) is 0 Å². The number of aromatic hydroxyl groups is 1. The highest BCUT2D eigenvalue weighted by Crippen LogP contribution is 2.42. The number of ether oxygens (including phenoxy) is 3. The SMILES string of the molecule is COc1ccccc1CNC(=O)CC/C(C)=C/Cc1c(O)c2c(c(C)c1OC)COC2=O. The van der Waals surface area contributed by atoms with Crippen molar-refractivity contribution < 1.29 is 28.9 Å². The Morgan fingerprint density at radius 3 is 2.69 bits per heavy atom. The standard InChI is InChI=1S/C25H29NO6/c1-15(10-12-21(27)26-13-17-7-5-6-8-20(17)30-3)9-11-18-23(28)22-19(14-32-25(22)29)16(2)24(18)31-4/h5-9,28H,10-14H2,1-4H3,(H,26,27)/b15-9+. The van der Waals surface area contributed by atoms with Gasteiger partial charge in [-0.15, -0.1) is 0 Å². The van der Waals surface area contributed by atoms with E-state index in [4.69, 9.17) is 14.2 Å². The molecule has 0 spiro atoms. The molecule has 0 aliphatic carbocycles. The van der Waals surface area contributed by atoms with Crippen LogP contribution in [0.5, 0.6) is 17.2 Å². The van der Waals surface area contributed by atoms with Crippen LogP contribution >= 0.6 is 0 Å². The number of para-hydroxylation sites is 1. The Kier molecular flexibility index (Phi) is 7.41. The molecule has 0 unspecified atom stereocenters. The van der Waals surface area contributed by atoms with E-state index in [-0.39, 0.29) is 23.8 Å². The minimum atomic E-state index is -0.517. The summed E-state index contributed by atoms with van der Waals surface area (Å²) in [5, 5.41) is 13.6. The number of nitrogens with one attached hydrogen (secondary N) is 1. The van der Waals surface area contributed by atoms with Crippen LogP contribution in [0.15, 0.2) is 35.9 Å². The molecule has 0 fully saturated rings. The number of esters is 1. The number of rotatable bonds is 9. The molecule has 0 bridgehead atoms. The Bertz CT molecular complexity index is 1060. The molecule has 3 rings (SSSR count). The molecule has 0 aromatic heterocycles. The Morgan fingerprint density at radius 2 is 1.97 bits per heavy atom. The summed E-state index contributed by atoms with van der Waals surface area (Å²) in [6, 6.07) is 7.56. The Hall–Kier alpha value is -3.48. The van der Waals surface area contributed by atoms with E-state index in [0.29, 0.717) is 42.7 Å². The topological polar surface area (TPSA) is 94.1 Å². The van der Waals surface area contributed by atoms with E-state index in [1.807, 2.05) is 44.2 Å². The Balaban J connectivity index is 1.62. The van der Waals surface area contributed by atoms with Crippen LogP contribution in [-0.4, -0.2) is 31.2 Å². The summed E-state index contributed by atoms with van der Waals surface area (Å²) < 4.78 is 15.9. The molecule has 2 aromatic carbocycles. The maximum atomic E-state index is 12.3. The lowest BCUT2D eigenvalue weighted by molar-refractivity contribution is -0.121. The van der Waals surface area contributed by atoms with Gasteiger partial charge in [0.25, 0.3) is 0 Å². The highest BCUT2D eigenvalue weighted by molar-refractivity contribution is 5.98. The fourth-order valence-electron chi connectivity index (χ4n) is 3.85. The van der Waals surface area contributed by atoms with E-state index in [0.717, 1.165) is 22.4 Å². The van der Waals surface area contributed by atoms with Crippen LogP contribution in [-0.2, 0) is 29.1 Å². The number of phenols is 1. The fourth-order valence-corrected chi connectivity index (χ4v) is 3.85. The van der Waals surface area contributed by atoms with Gasteiger partial charge in [-0.3, -0.25) is 4.79 Å². The van der Waals surface area contributed by atoms with Gasteiger partial charge in [0.2, 0.25) is 5.91 Å². The third-order valence-electron chi connectivity index (χ3n) is 5.72. The largest absolute Gasteiger partial charge is 0.507 e. The molecule has 2 aromatic rings. The number of carbonyl (C=O) groups is 2. The van der Waals surface area contributed by atoms with Crippen LogP contribution in [0.2, 0.25) is 0 Å². The van der Waals surface area contributed by atoms with Gasteiger partial charge in [0.15, 0.2) is 0 Å². The molecule has 1 heterocycles. The third kappa shape index (κ3) is 4.88. The van der Waals surface area contributed by atoms with Gasteiger partial charge >= 0.3 is 5.97 Å². The van der Waals surface area contributed by atoms with Crippen LogP contribution in [0, 0.1) is 6.92 Å². The molecule has 0 saturated heterocycles. The number of cyclic esters (lactones) is 1. The molecule has 1 amide bonds. The summed E-state index contributed by atoms with van der Waals surface area (Å²) in [6.07, 6.45) is 3.24. The molecule has 2 N–H and O–H groups in total. The molecule has 1 aliphatic heterocycles. The Morgan fingerprint density at radius 1 is 1.22 bits per heavy atom. The van der Waals surface area contributed by atoms with Crippen LogP contribution in [0.4, 0.5) is 0 Å². The zero-order chi connectivity index (χ0) is 23.3. The Labute approximate surface area is 188 Å². The van der Waals surface area contributed by atoms with E-state index in [1.165, 1.54) is 7.11 Å². The molecule has 0 saturated carbocycles. The number of fused-ring (bicyclic) bond motifs is 1. The average Bonchev–Trinajstić information content (AvgIpc) is 3.19. The number of hydrogen-bond donors (Lipinski definition) is 2. The first kappa shape index (κ1) is 23.2. The van der Waals surface area contributed by atoms with Crippen molar-refractivity contribution in [1.29, 1.82) is 0 Å². The lowest BCUT2D eigenvalue weighted by Crippen LogP contribution is -2.22. The molecular formula is C25H29NO6. The third-order valence-corrected chi connectivity index (χ3v) is 5.72. The van der Waals surface area contributed by atoms with Crippen molar-refractivity contribution in [2.45, 2.75) is 46.3 Å². The fraction of sp³-hybridized carbons (Fsp3) is 0.360. The highest BCUT2D eigenvalue weighted by Gasteiger charge is 2.31. The molecule has 0 atom stereocenters. The number of benzene rings is 2. The predicted octanol–water partition coefficient (Wildman–Crippen LogP) is 3.97. The monoisotopic (exact) mass is 439 g/mol. The van der Waals surface area contributed by atoms with Crippen LogP contribution < -0.4 is 14.8 Å². The van der Waals surface area contributed by atoms with Gasteiger partial charge in [-0.1, -0.05) is 29.8 Å². The second-order valence-corrected chi connectivity index (χ2v) is 7.76. The minimum absolute atomic E-state index is 0.0554. The number of amides is 1. The van der Waals surface area contributed by atoms with Gasteiger partial charge in [0.1, 0.15) is 29.4 Å². The van der Waals surface area contributed by atoms with E-state index in [2.05, 4.69) is 5.32 Å². The molecule has 7 nitrogen and oxygen atoms in total. The molecular weight excluding hydrogens is 410 g/mol. The quantitative estimate of drug-likeness (QED) is 0.454. The lowest BCUT2D eigenvalue weighted by atomic mass is 9.94. The zero-order valence-electron chi connectivity index (χ0n) is 18.9. The van der Waals surface area contributed by atoms with Crippen molar-refractivity contribution in [3.63, 3.8) is 0 Å². The normalized spacial score (nSPS) is 12.9. The summed E-state index contributed by atoms with van der Waals surface area (Å²) in [6.45, 7) is 4.33. The maximum absolute atomic E-state index is 12.3.